The molecule has 6 aromatic rings. The van der Waals surface area contributed by atoms with Gasteiger partial charge in [-0.1, -0.05) is 31.2 Å². The van der Waals surface area contributed by atoms with Gasteiger partial charge < -0.3 is 54.8 Å². The summed E-state index contributed by atoms with van der Waals surface area (Å²) in [7, 11) is 3.41. The van der Waals surface area contributed by atoms with Crippen molar-refractivity contribution in [2.24, 2.45) is 17.6 Å². The quantitative estimate of drug-likeness (QED) is 0.111. The van der Waals surface area contributed by atoms with Gasteiger partial charge in [0.05, 0.1) is 74.4 Å². The molecule has 0 aliphatic carbocycles. The predicted octanol–water partition coefficient (Wildman–Crippen LogP) is 8.80. The molecule has 0 radical (unpaired) electrons. The first-order chi connectivity index (χ1) is 34.0. The van der Waals surface area contributed by atoms with Crippen LogP contribution in [0, 0.1) is 11.8 Å². The van der Waals surface area contributed by atoms with Crippen LogP contribution in [0.5, 0.6) is 11.5 Å². The monoisotopic (exact) mass is 991 g/mol. The second kappa shape index (κ2) is 24.9. The number of amides is 1. The Morgan fingerprint density at radius 1 is 0.775 bits per heavy atom. The standard InChI is InChI=1S/C24H29N5O2.C19H18ClN3O2.C10H20N2O2.CH4/c1-30-23-13-18(4-5-22(23)29-9-11-31-12-10-29)20-14-21-19(3-2-7-26-21)24(28-20)27-16-17-6-8-25-15-17;1-24-18-11-13(4-5-17(18)23-7-9-25-10-8-23)15-12-16-14(19(20)22-15)3-2-6-21-16;1-10(2,3)14-9(13)12-5-4-8(6-11)7-12;/h2-5,7,13-14,17,25H,6,8-12,15-16H2,1H3,(H,27,28);2-6,11-12H,7-10H2,1H3;8H,4-7,11H2,1-3H3;1H4/t17-;;8-;/m1.1./s1. The van der Waals surface area contributed by atoms with Gasteiger partial charge in [-0.05, 0) is 126 Å². The fraction of sp³-hybridized carbons (Fsp3) is 0.463. The van der Waals surface area contributed by atoms with Crippen molar-refractivity contribution >= 4 is 56.7 Å². The fourth-order valence-corrected chi connectivity index (χ4v) is 9.24. The molecule has 0 spiro atoms. The first-order valence-electron chi connectivity index (χ1n) is 24.3. The molecular weight excluding hydrogens is 920 g/mol. The number of fused-ring (bicyclic) bond motifs is 2. The third-order valence-electron chi connectivity index (χ3n) is 12.8. The Labute approximate surface area is 423 Å². The zero-order valence-corrected chi connectivity index (χ0v) is 41.8. The lowest BCUT2D eigenvalue weighted by atomic mass is 10.1. The van der Waals surface area contributed by atoms with Crippen LogP contribution in [0.1, 0.15) is 41.0 Å². The number of hydrogen-bond acceptors (Lipinski definition) is 15. The molecule has 17 heteroatoms. The molecule has 2 atom stereocenters. The summed E-state index contributed by atoms with van der Waals surface area (Å²) in [4.78, 5) is 36.4. The van der Waals surface area contributed by atoms with Crippen molar-refractivity contribution in [2.75, 3.05) is 121 Å². The van der Waals surface area contributed by atoms with E-state index in [-0.39, 0.29) is 13.5 Å². The van der Waals surface area contributed by atoms with E-state index in [1.54, 1.807) is 25.3 Å². The summed E-state index contributed by atoms with van der Waals surface area (Å²) in [5.74, 6) is 3.64. The second-order valence-corrected chi connectivity index (χ2v) is 19.2. The van der Waals surface area contributed by atoms with Gasteiger partial charge in [-0.25, -0.2) is 14.8 Å². The molecular formula is C54H71ClN10O6. The zero-order chi connectivity index (χ0) is 49.0. The molecule has 4 aliphatic rings. The largest absolute Gasteiger partial charge is 0.495 e. The Hall–Kier alpha value is -6.04. The van der Waals surface area contributed by atoms with Crippen LogP contribution in [-0.4, -0.2) is 143 Å². The molecule has 0 saturated carbocycles. The minimum Gasteiger partial charge on any atom is -0.495 e. The van der Waals surface area contributed by atoms with Crippen LogP contribution in [-0.2, 0) is 14.2 Å². The summed E-state index contributed by atoms with van der Waals surface area (Å²) in [5, 5.41) is 9.37. The lowest BCUT2D eigenvalue weighted by molar-refractivity contribution is 0.0288. The normalized spacial score (nSPS) is 17.9. The Bertz CT molecular complexity index is 2690. The van der Waals surface area contributed by atoms with Gasteiger partial charge in [0, 0.05) is 80.1 Å². The number of rotatable bonds is 10. The number of nitrogens with two attached hydrogens (primary N) is 1. The number of nitrogens with zero attached hydrogens (tertiary/aromatic N) is 7. The number of halogens is 1. The first kappa shape index (κ1) is 52.8. The van der Waals surface area contributed by atoms with Crippen LogP contribution in [0.3, 0.4) is 0 Å². The summed E-state index contributed by atoms with van der Waals surface area (Å²) >= 11 is 6.33. The molecule has 4 fully saturated rings. The molecule has 4 aromatic heterocycles. The molecule has 16 nitrogen and oxygen atoms in total. The van der Waals surface area contributed by atoms with Crippen molar-refractivity contribution in [3.63, 3.8) is 0 Å². The van der Waals surface area contributed by atoms with Gasteiger partial charge in [0.15, 0.2) is 0 Å². The molecule has 0 bridgehead atoms. The third kappa shape index (κ3) is 13.7. The molecule has 380 valence electrons. The van der Waals surface area contributed by atoms with E-state index in [4.69, 9.17) is 46.0 Å². The summed E-state index contributed by atoms with van der Waals surface area (Å²) in [6.45, 7) is 17.3. The number of hydrogen-bond donors (Lipinski definition) is 3. The molecule has 71 heavy (non-hydrogen) atoms. The van der Waals surface area contributed by atoms with Crippen LogP contribution in [0.2, 0.25) is 5.15 Å². The summed E-state index contributed by atoms with van der Waals surface area (Å²) in [6.07, 6.45) is 5.57. The number of benzene rings is 2. The van der Waals surface area contributed by atoms with Gasteiger partial charge in [0.2, 0.25) is 0 Å². The maximum Gasteiger partial charge on any atom is 0.410 e. The number of nitrogens with one attached hydrogen (secondary N) is 2. The highest BCUT2D eigenvalue weighted by Crippen LogP contribution is 2.37. The topological polar surface area (TPSA) is 175 Å². The maximum atomic E-state index is 11.6. The Morgan fingerprint density at radius 3 is 1.86 bits per heavy atom. The van der Waals surface area contributed by atoms with Gasteiger partial charge in [0.25, 0.3) is 0 Å². The summed E-state index contributed by atoms with van der Waals surface area (Å²) in [5.41, 5.74) is 12.7. The number of carbonyl (C=O) groups excluding carboxylic acids is 1. The second-order valence-electron chi connectivity index (χ2n) is 18.8. The van der Waals surface area contributed by atoms with Crippen LogP contribution < -0.4 is 35.6 Å². The van der Waals surface area contributed by atoms with E-state index in [0.29, 0.717) is 23.5 Å². The van der Waals surface area contributed by atoms with E-state index in [1.807, 2.05) is 63.4 Å². The Morgan fingerprint density at radius 2 is 1.34 bits per heavy atom. The lowest BCUT2D eigenvalue weighted by Gasteiger charge is -2.30. The molecule has 8 heterocycles. The van der Waals surface area contributed by atoms with Crippen molar-refractivity contribution in [1.82, 2.24) is 30.2 Å². The molecule has 4 saturated heterocycles. The van der Waals surface area contributed by atoms with E-state index in [9.17, 15) is 4.79 Å². The predicted molar refractivity (Wildman–Crippen MR) is 285 cm³/mol. The van der Waals surface area contributed by atoms with Gasteiger partial charge >= 0.3 is 6.09 Å². The van der Waals surface area contributed by atoms with Crippen molar-refractivity contribution in [1.29, 1.82) is 0 Å². The first-order valence-corrected chi connectivity index (χ1v) is 24.7. The van der Waals surface area contributed by atoms with Crippen molar-refractivity contribution in [3.05, 3.63) is 90.3 Å². The van der Waals surface area contributed by atoms with Gasteiger partial charge in [0.1, 0.15) is 28.1 Å². The average molecular weight is 992 g/mol. The van der Waals surface area contributed by atoms with E-state index in [0.717, 1.165) is 165 Å². The summed E-state index contributed by atoms with van der Waals surface area (Å²) in [6, 6.07) is 24.3. The van der Waals surface area contributed by atoms with E-state index < -0.39 is 5.60 Å². The molecule has 4 aliphatic heterocycles. The minimum atomic E-state index is -0.405. The molecule has 1 amide bonds. The van der Waals surface area contributed by atoms with Gasteiger partial charge in [-0.15, -0.1) is 0 Å². The van der Waals surface area contributed by atoms with Crippen LogP contribution >= 0.6 is 11.6 Å². The van der Waals surface area contributed by atoms with E-state index in [2.05, 4.69) is 71.8 Å². The van der Waals surface area contributed by atoms with E-state index in [1.165, 1.54) is 6.42 Å². The number of methoxy groups -OCH3 is 2. The number of carbonyl (C=O) groups is 1. The van der Waals surface area contributed by atoms with Gasteiger partial charge in [-0.3, -0.25) is 9.97 Å². The zero-order valence-electron chi connectivity index (χ0n) is 41.1. The SMILES string of the molecule is C.CC(C)(C)OC(=O)N1CC[C@H](CN)C1.COc1cc(-c2cc3ncccc3c(Cl)n2)ccc1N1CCOCC1.COc1cc(-c2cc3ncccc3c(NC[C@@H]3CCNC3)n2)ccc1N1CCOCC1. The Kier molecular flexibility index (Phi) is 18.5. The summed E-state index contributed by atoms with van der Waals surface area (Å²) < 4.78 is 27.5. The molecule has 2 aromatic carbocycles. The highest BCUT2D eigenvalue weighted by Gasteiger charge is 2.29. The number of likely N-dealkylation sites (tertiary alicyclic amines) is 1. The molecule has 0 unspecified atom stereocenters. The lowest BCUT2D eigenvalue weighted by Crippen LogP contribution is -2.36. The number of ether oxygens (including phenoxy) is 5. The van der Waals surface area contributed by atoms with E-state index >= 15 is 0 Å². The highest BCUT2D eigenvalue weighted by atomic mass is 35.5. The van der Waals surface area contributed by atoms with Crippen LogP contribution in [0.25, 0.3) is 44.3 Å². The molecule has 4 N–H and O–H groups in total. The van der Waals surface area contributed by atoms with Crippen molar-refractivity contribution in [3.8, 4) is 34.0 Å². The number of morpholine rings is 2. The van der Waals surface area contributed by atoms with Crippen LogP contribution in [0.15, 0.2) is 85.2 Å². The Balaban J connectivity index is 0.000000166. The van der Waals surface area contributed by atoms with Gasteiger partial charge in [-0.2, -0.15) is 0 Å². The smallest absolute Gasteiger partial charge is 0.410 e. The average Bonchev–Trinajstić information content (AvgIpc) is 4.12. The molecule has 10 rings (SSSR count). The number of anilines is 3. The van der Waals surface area contributed by atoms with Crippen LogP contribution in [0.4, 0.5) is 22.0 Å². The van der Waals surface area contributed by atoms with Crippen molar-refractivity contribution < 1.29 is 28.5 Å². The number of aromatic nitrogens is 4. The number of pyridine rings is 4. The highest BCUT2D eigenvalue weighted by molar-refractivity contribution is 6.34. The minimum absolute atomic E-state index is 0. The fourth-order valence-electron chi connectivity index (χ4n) is 8.99. The third-order valence-corrected chi connectivity index (χ3v) is 13.1. The van der Waals surface area contributed by atoms with Crippen molar-refractivity contribution in [2.45, 2.75) is 46.6 Å². The maximum absolute atomic E-state index is 11.6.